The fourth-order valence-electron chi connectivity index (χ4n) is 3.34. The van der Waals surface area contributed by atoms with Gasteiger partial charge in [0.15, 0.2) is 0 Å². The third-order valence-electron chi connectivity index (χ3n) is 4.87. The van der Waals surface area contributed by atoms with Crippen LogP contribution in [0.5, 0.6) is 0 Å². The van der Waals surface area contributed by atoms with Crippen LogP contribution >= 0.6 is 0 Å². The first kappa shape index (κ1) is 18.0. The molecule has 1 fully saturated rings. The van der Waals surface area contributed by atoms with Gasteiger partial charge in [-0.3, -0.25) is 19.8 Å². The lowest BCUT2D eigenvalue weighted by Gasteiger charge is -2.23. The third kappa shape index (κ3) is 3.89. The molecule has 1 saturated heterocycles. The molecule has 7 heteroatoms. The number of nitro benzene ring substituents is 1. The second kappa shape index (κ2) is 7.63. The van der Waals surface area contributed by atoms with Crippen LogP contribution in [-0.4, -0.2) is 40.9 Å². The summed E-state index contributed by atoms with van der Waals surface area (Å²) in [6.45, 7) is 3.16. The lowest BCUT2D eigenvalue weighted by Crippen LogP contribution is -2.41. The third-order valence-corrected chi connectivity index (χ3v) is 4.87. The summed E-state index contributed by atoms with van der Waals surface area (Å²) >= 11 is 0. The predicted molar refractivity (Wildman–Crippen MR) is 99.9 cm³/mol. The van der Waals surface area contributed by atoms with Crippen LogP contribution < -0.4 is 11.1 Å². The van der Waals surface area contributed by atoms with Crippen LogP contribution in [0, 0.1) is 10.1 Å². The lowest BCUT2D eigenvalue weighted by molar-refractivity contribution is -0.384. The number of anilines is 1. The number of non-ortho nitro benzene ring substituents is 1. The number of benzene rings is 2. The van der Waals surface area contributed by atoms with Crippen molar-refractivity contribution in [1.29, 1.82) is 0 Å². The molecule has 0 radical (unpaired) electrons. The second-order valence-electron chi connectivity index (χ2n) is 6.61. The summed E-state index contributed by atoms with van der Waals surface area (Å²) in [5.74, 6) is -0.0179. The zero-order valence-electron chi connectivity index (χ0n) is 14.5. The maximum absolute atomic E-state index is 12.6. The first-order valence-corrected chi connectivity index (χ1v) is 8.55. The van der Waals surface area contributed by atoms with E-state index in [4.69, 9.17) is 5.73 Å². The van der Waals surface area contributed by atoms with Crippen LogP contribution in [0.3, 0.4) is 0 Å². The van der Waals surface area contributed by atoms with Crippen molar-refractivity contribution >= 4 is 17.3 Å². The molecular formula is C19H22N4O3. The molecule has 1 aliphatic heterocycles. The van der Waals surface area contributed by atoms with Crippen molar-refractivity contribution in [1.82, 2.24) is 4.90 Å². The summed E-state index contributed by atoms with van der Waals surface area (Å²) < 4.78 is 0. The Labute approximate surface area is 152 Å². The van der Waals surface area contributed by atoms with Crippen LogP contribution in [0.2, 0.25) is 0 Å². The van der Waals surface area contributed by atoms with E-state index >= 15 is 0 Å². The van der Waals surface area contributed by atoms with Crippen molar-refractivity contribution in [3.63, 3.8) is 0 Å². The van der Waals surface area contributed by atoms with Crippen molar-refractivity contribution in [3.05, 3.63) is 70.3 Å². The van der Waals surface area contributed by atoms with Crippen molar-refractivity contribution in [2.75, 3.05) is 18.4 Å². The lowest BCUT2D eigenvalue weighted by atomic mass is 9.95. The number of nitrogens with two attached hydrogens (primary N) is 1. The van der Waals surface area contributed by atoms with Crippen LogP contribution in [0.1, 0.15) is 18.4 Å². The summed E-state index contributed by atoms with van der Waals surface area (Å²) in [6, 6.07) is 15.6. The molecule has 7 nitrogen and oxygen atoms in total. The number of rotatable bonds is 5. The molecule has 0 bridgehead atoms. The molecule has 0 spiro atoms. The van der Waals surface area contributed by atoms with Gasteiger partial charge in [0.05, 0.1) is 11.0 Å². The highest BCUT2D eigenvalue weighted by molar-refractivity contribution is 5.94. The van der Waals surface area contributed by atoms with Gasteiger partial charge in [0, 0.05) is 42.9 Å². The number of carbonyl (C=O) groups excluding carboxylic acids is 1. The summed E-state index contributed by atoms with van der Waals surface area (Å²) in [5.41, 5.74) is 7.83. The summed E-state index contributed by atoms with van der Waals surface area (Å²) in [4.78, 5) is 25.0. The average molecular weight is 354 g/mol. The van der Waals surface area contributed by atoms with Gasteiger partial charge in [0.25, 0.3) is 5.69 Å². The van der Waals surface area contributed by atoms with E-state index in [9.17, 15) is 14.9 Å². The van der Waals surface area contributed by atoms with Crippen molar-refractivity contribution in [3.8, 4) is 0 Å². The van der Waals surface area contributed by atoms with Gasteiger partial charge in [0.2, 0.25) is 5.91 Å². The number of hydrogen-bond acceptors (Lipinski definition) is 5. The fraction of sp³-hybridized carbons (Fsp3) is 0.316. The number of nitrogens with zero attached hydrogens (tertiary/aromatic N) is 2. The normalized spacial score (nSPS) is 21.3. The quantitative estimate of drug-likeness (QED) is 0.634. The highest BCUT2D eigenvalue weighted by Gasteiger charge is 2.35. The maximum Gasteiger partial charge on any atom is 0.271 e. The van der Waals surface area contributed by atoms with Gasteiger partial charge in [-0.05, 0) is 18.6 Å². The Kier molecular flexibility index (Phi) is 5.29. The van der Waals surface area contributed by atoms with Crippen molar-refractivity contribution in [2.24, 2.45) is 5.73 Å². The fourth-order valence-corrected chi connectivity index (χ4v) is 3.34. The number of nitro groups is 1. The molecule has 3 atom stereocenters. The predicted octanol–water partition coefficient (Wildman–Crippen LogP) is 2.35. The molecule has 3 rings (SSSR count). The van der Waals surface area contributed by atoms with Gasteiger partial charge in [0.1, 0.15) is 0 Å². The summed E-state index contributed by atoms with van der Waals surface area (Å²) in [5, 5.41) is 13.6. The van der Waals surface area contributed by atoms with Gasteiger partial charge in [-0.15, -0.1) is 0 Å². The first-order valence-electron chi connectivity index (χ1n) is 8.55. The van der Waals surface area contributed by atoms with E-state index in [0.717, 1.165) is 0 Å². The largest absolute Gasteiger partial charge is 0.326 e. The van der Waals surface area contributed by atoms with Gasteiger partial charge in [-0.1, -0.05) is 36.4 Å². The van der Waals surface area contributed by atoms with Crippen LogP contribution in [0.25, 0.3) is 0 Å². The van der Waals surface area contributed by atoms with Crippen LogP contribution in [-0.2, 0) is 4.79 Å². The molecule has 136 valence electrons. The molecule has 2 aromatic carbocycles. The van der Waals surface area contributed by atoms with Crippen molar-refractivity contribution in [2.45, 2.75) is 24.9 Å². The Morgan fingerprint density at radius 3 is 2.65 bits per heavy atom. The standard InChI is InChI=1S/C19H22N4O3/c1-13(19(24)21-15-8-5-9-16(10-15)23(25)26)22-11-17(18(20)12-22)14-6-3-2-4-7-14/h2-10,13,17-18H,11-12,20H2,1H3,(H,21,24)/t13?,17-,18+/m0/s1. The Hall–Kier alpha value is -2.77. The highest BCUT2D eigenvalue weighted by atomic mass is 16.6. The van der Waals surface area contributed by atoms with E-state index in [1.54, 1.807) is 12.1 Å². The Balaban J connectivity index is 1.66. The van der Waals surface area contributed by atoms with Gasteiger partial charge in [-0.25, -0.2) is 0 Å². The van der Waals surface area contributed by atoms with Gasteiger partial charge < -0.3 is 11.1 Å². The molecule has 3 N–H and O–H groups in total. The molecule has 2 aromatic rings. The minimum absolute atomic E-state index is 0.0366. The highest BCUT2D eigenvalue weighted by Crippen LogP contribution is 2.28. The Morgan fingerprint density at radius 1 is 1.23 bits per heavy atom. The average Bonchev–Trinajstić information content (AvgIpc) is 3.03. The van der Waals surface area contributed by atoms with E-state index in [1.807, 2.05) is 25.1 Å². The molecule has 0 aliphatic carbocycles. The van der Waals surface area contributed by atoms with E-state index in [-0.39, 0.29) is 29.6 Å². The Morgan fingerprint density at radius 2 is 1.96 bits per heavy atom. The number of carbonyl (C=O) groups is 1. The Bertz CT molecular complexity index is 796. The zero-order chi connectivity index (χ0) is 18.7. The molecular weight excluding hydrogens is 332 g/mol. The molecule has 1 amide bonds. The minimum Gasteiger partial charge on any atom is -0.326 e. The maximum atomic E-state index is 12.6. The van der Waals surface area contributed by atoms with E-state index in [1.165, 1.54) is 17.7 Å². The molecule has 1 aliphatic rings. The molecule has 0 aromatic heterocycles. The van der Waals surface area contributed by atoms with Crippen LogP contribution in [0.4, 0.5) is 11.4 Å². The number of nitrogens with one attached hydrogen (secondary N) is 1. The summed E-state index contributed by atoms with van der Waals surface area (Å²) in [7, 11) is 0. The smallest absolute Gasteiger partial charge is 0.271 e. The number of likely N-dealkylation sites (tertiary alicyclic amines) is 1. The van der Waals surface area contributed by atoms with Gasteiger partial charge >= 0.3 is 0 Å². The monoisotopic (exact) mass is 354 g/mol. The van der Waals surface area contributed by atoms with Crippen LogP contribution in [0.15, 0.2) is 54.6 Å². The van der Waals surface area contributed by atoms with E-state index in [0.29, 0.717) is 18.8 Å². The zero-order valence-corrected chi connectivity index (χ0v) is 14.5. The topological polar surface area (TPSA) is 101 Å². The SMILES string of the molecule is CC(C(=O)Nc1cccc([N+](=O)[O-])c1)N1C[C@@H](N)[C@H](c2ccccc2)C1. The molecule has 1 unspecified atom stereocenters. The second-order valence-corrected chi connectivity index (χ2v) is 6.61. The number of hydrogen-bond donors (Lipinski definition) is 2. The van der Waals surface area contributed by atoms with E-state index in [2.05, 4.69) is 22.3 Å². The minimum atomic E-state index is -0.483. The molecule has 1 heterocycles. The van der Waals surface area contributed by atoms with Crippen molar-refractivity contribution < 1.29 is 9.72 Å². The first-order chi connectivity index (χ1) is 12.5. The summed E-state index contributed by atoms with van der Waals surface area (Å²) in [6.07, 6.45) is 0. The molecule has 0 saturated carbocycles. The van der Waals surface area contributed by atoms with E-state index < -0.39 is 4.92 Å². The molecule has 26 heavy (non-hydrogen) atoms. The number of amides is 1. The van der Waals surface area contributed by atoms with Gasteiger partial charge in [-0.2, -0.15) is 0 Å².